The summed E-state index contributed by atoms with van der Waals surface area (Å²) in [6.45, 7) is 4.83. The van der Waals surface area contributed by atoms with Crippen LogP contribution >= 0.6 is 0 Å². The molecule has 2 fully saturated rings. The number of hydrogen-bond donors (Lipinski definition) is 0. The third-order valence-corrected chi connectivity index (χ3v) is 6.38. The van der Waals surface area contributed by atoms with Crippen LogP contribution in [0.5, 0.6) is 0 Å². The van der Waals surface area contributed by atoms with E-state index >= 15 is 0 Å². The quantitative estimate of drug-likeness (QED) is 0.747. The number of pyridine rings is 1. The Balaban J connectivity index is 1.39. The van der Waals surface area contributed by atoms with E-state index in [1.807, 2.05) is 24.9 Å². The highest BCUT2D eigenvalue weighted by atomic mass is 16.2. The minimum absolute atomic E-state index is 0.0318. The molecule has 2 aromatic heterocycles. The Hall–Kier alpha value is -2.90. The molecular formula is C22H30N6O2. The number of hydrogen-bond acceptors (Lipinski definition) is 6. The largest absolute Gasteiger partial charge is 0.369 e. The summed E-state index contributed by atoms with van der Waals surface area (Å²) < 4.78 is 1.45. The molecule has 1 saturated carbocycles. The molecule has 1 aliphatic carbocycles. The van der Waals surface area contributed by atoms with Gasteiger partial charge in [0.25, 0.3) is 0 Å². The number of carbonyl (C=O) groups is 1. The Kier molecular flexibility index (Phi) is 6.01. The zero-order valence-electron chi connectivity index (χ0n) is 17.8. The highest BCUT2D eigenvalue weighted by Crippen LogP contribution is 2.26. The van der Waals surface area contributed by atoms with Gasteiger partial charge in [-0.3, -0.25) is 14.3 Å². The number of carbonyl (C=O) groups excluding carboxylic acids is 1. The Labute approximate surface area is 177 Å². The van der Waals surface area contributed by atoms with E-state index in [1.54, 1.807) is 18.6 Å². The van der Waals surface area contributed by atoms with Crippen LogP contribution in [0.1, 0.15) is 31.4 Å². The van der Waals surface area contributed by atoms with Gasteiger partial charge >= 0.3 is 5.69 Å². The molecule has 8 heteroatoms. The van der Waals surface area contributed by atoms with Crippen LogP contribution < -0.4 is 15.5 Å². The van der Waals surface area contributed by atoms with E-state index in [0.717, 1.165) is 43.0 Å². The molecule has 1 saturated heterocycles. The normalized spacial score (nSPS) is 17.4. The number of aryl methyl sites for hydroxylation is 1. The van der Waals surface area contributed by atoms with Crippen LogP contribution in [0.2, 0.25) is 0 Å². The van der Waals surface area contributed by atoms with E-state index in [-0.39, 0.29) is 18.1 Å². The van der Waals surface area contributed by atoms with Crippen molar-refractivity contribution in [1.29, 1.82) is 0 Å². The van der Waals surface area contributed by atoms with Crippen molar-refractivity contribution in [2.75, 3.05) is 43.0 Å². The van der Waals surface area contributed by atoms with Crippen molar-refractivity contribution in [3.05, 3.63) is 46.9 Å². The molecule has 3 heterocycles. The van der Waals surface area contributed by atoms with E-state index in [4.69, 9.17) is 0 Å². The summed E-state index contributed by atoms with van der Waals surface area (Å²) in [6, 6.07) is 4.49. The van der Waals surface area contributed by atoms with Gasteiger partial charge in [0, 0.05) is 51.7 Å². The molecule has 0 aromatic carbocycles. The first-order chi connectivity index (χ1) is 14.5. The van der Waals surface area contributed by atoms with Gasteiger partial charge in [0.15, 0.2) is 0 Å². The van der Waals surface area contributed by atoms with E-state index in [1.165, 1.54) is 17.4 Å². The molecule has 8 nitrogen and oxygen atoms in total. The zero-order chi connectivity index (χ0) is 21.1. The fourth-order valence-electron chi connectivity index (χ4n) is 4.49. The molecule has 0 N–H and O–H groups in total. The van der Waals surface area contributed by atoms with Crippen molar-refractivity contribution in [3.8, 4) is 0 Å². The minimum atomic E-state index is -0.378. The molecule has 0 unspecified atom stereocenters. The molecule has 0 radical (unpaired) electrons. The average Bonchev–Trinajstić information content (AvgIpc) is 3.30. The molecular weight excluding hydrogens is 380 g/mol. The second-order valence-corrected chi connectivity index (χ2v) is 8.25. The van der Waals surface area contributed by atoms with Gasteiger partial charge in [-0.1, -0.05) is 12.8 Å². The number of amides is 1. The number of piperazine rings is 1. The maximum atomic E-state index is 12.9. The standard InChI is InChI=1S/C22H30N6O2/c1-17-20(8-5-9-23-17)26-10-12-27(13-11-26)21(29)16-28-15-19(14-24-22(28)30)25(2)18-6-3-4-7-18/h5,8-9,14-15,18H,3-4,6-7,10-13,16H2,1-2H3. The molecule has 2 aliphatic rings. The van der Waals surface area contributed by atoms with Gasteiger partial charge in [-0.2, -0.15) is 4.98 Å². The van der Waals surface area contributed by atoms with E-state index in [2.05, 4.69) is 25.8 Å². The average molecular weight is 411 g/mol. The summed E-state index contributed by atoms with van der Waals surface area (Å²) >= 11 is 0. The Morgan fingerprint density at radius 1 is 1.17 bits per heavy atom. The zero-order valence-corrected chi connectivity index (χ0v) is 17.8. The van der Waals surface area contributed by atoms with Gasteiger partial charge in [-0.05, 0) is 31.9 Å². The number of anilines is 2. The summed E-state index contributed by atoms with van der Waals surface area (Å²) in [5.74, 6) is -0.0397. The molecule has 2 aromatic rings. The fourth-order valence-corrected chi connectivity index (χ4v) is 4.49. The van der Waals surface area contributed by atoms with Crippen LogP contribution in [0.3, 0.4) is 0 Å². The third-order valence-electron chi connectivity index (χ3n) is 6.38. The molecule has 1 aliphatic heterocycles. The van der Waals surface area contributed by atoms with E-state index < -0.39 is 0 Å². The van der Waals surface area contributed by atoms with Gasteiger partial charge in [0.05, 0.1) is 23.3 Å². The number of nitrogens with zero attached hydrogens (tertiary/aromatic N) is 6. The molecule has 0 atom stereocenters. The second-order valence-electron chi connectivity index (χ2n) is 8.25. The maximum absolute atomic E-state index is 12.9. The first kappa shape index (κ1) is 20.4. The Bertz CT molecular complexity index is 945. The lowest BCUT2D eigenvalue weighted by molar-refractivity contribution is -0.132. The molecule has 0 spiro atoms. The van der Waals surface area contributed by atoms with Crippen LogP contribution in [-0.2, 0) is 11.3 Å². The smallest absolute Gasteiger partial charge is 0.348 e. The third kappa shape index (κ3) is 4.32. The summed E-state index contributed by atoms with van der Waals surface area (Å²) in [5.41, 5.74) is 2.63. The number of aromatic nitrogens is 3. The summed E-state index contributed by atoms with van der Waals surface area (Å²) in [4.78, 5) is 39.8. The van der Waals surface area contributed by atoms with Crippen molar-refractivity contribution in [2.45, 2.75) is 45.2 Å². The summed E-state index contributed by atoms with van der Waals surface area (Å²) in [5, 5.41) is 0. The minimum Gasteiger partial charge on any atom is -0.369 e. The SMILES string of the molecule is Cc1ncccc1N1CCN(C(=O)Cn2cc(N(C)C3CCCC3)cnc2=O)CC1. The lowest BCUT2D eigenvalue weighted by atomic mass is 10.2. The van der Waals surface area contributed by atoms with Gasteiger partial charge in [0.2, 0.25) is 5.91 Å². The molecule has 160 valence electrons. The van der Waals surface area contributed by atoms with E-state index in [9.17, 15) is 9.59 Å². The Morgan fingerprint density at radius 3 is 2.60 bits per heavy atom. The first-order valence-electron chi connectivity index (χ1n) is 10.8. The van der Waals surface area contributed by atoms with E-state index in [0.29, 0.717) is 19.1 Å². The second kappa shape index (κ2) is 8.85. The summed E-state index contributed by atoms with van der Waals surface area (Å²) in [7, 11) is 2.04. The van der Waals surface area contributed by atoms with Gasteiger partial charge in [-0.15, -0.1) is 0 Å². The van der Waals surface area contributed by atoms with Gasteiger partial charge in [-0.25, -0.2) is 4.79 Å². The van der Waals surface area contributed by atoms with Crippen LogP contribution in [0, 0.1) is 6.92 Å². The van der Waals surface area contributed by atoms with Gasteiger partial charge < -0.3 is 14.7 Å². The lowest BCUT2D eigenvalue weighted by Crippen LogP contribution is -2.50. The maximum Gasteiger partial charge on any atom is 0.348 e. The molecule has 30 heavy (non-hydrogen) atoms. The Morgan fingerprint density at radius 2 is 1.90 bits per heavy atom. The van der Waals surface area contributed by atoms with Crippen LogP contribution in [0.4, 0.5) is 11.4 Å². The fraction of sp³-hybridized carbons (Fsp3) is 0.545. The highest BCUT2D eigenvalue weighted by molar-refractivity contribution is 5.76. The van der Waals surface area contributed by atoms with Gasteiger partial charge in [0.1, 0.15) is 6.54 Å². The predicted molar refractivity (Wildman–Crippen MR) is 117 cm³/mol. The highest BCUT2D eigenvalue weighted by Gasteiger charge is 2.24. The number of rotatable bonds is 5. The summed E-state index contributed by atoms with van der Waals surface area (Å²) in [6.07, 6.45) is 10.0. The predicted octanol–water partition coefficient (Wildman–Crippen LogP) is 1.67. The van der Waals surface area contributed by atoms with Crippen LogP contribution in [-0.4, -0.2) is 64.6 Å². The topological polar surface area (TPSA) is 74.6 Å². The van der Waals surface area contributed by atoms with Crippen molar-refractivity contribution in [1.82, 2.24) is 19.4 Å². The lowest BCUT2D eigenvalue weighted by Gasteiger charge is -2.36. The monoisotopic (exact) mass is 410 g/mol. The first-order valence-corrected chi connectivity index (χ1v) is 10.8. The van der Waals surface area contributed by atoms with Crippen LogP contribution in [0.15, 0.2) is 35.5 Å². The van der Waals surface area contributed by atoms with Crippen molar-refractivity contribution < 1.29 is 4.79 Å². The molecule has 4 rings (SSSR count). The van der Waals surface area contributed by atoms with Crippen molar-refractivity contribution >= 4 is 17.3 Å². The van der Waals surface area contributed by atoms with Crippen LogP contribution in [0.25, 0.3) is 0 Å². The van der Waals surface area contributed by atoms with Crippen molar-refractivity contribution in [2.24, 2.45) is 0 Å². The molecule has 0 bridgehead atoms. The van der Waals surface area contributed by atoms with Crippen molar-refractivity contribution in [3.63, 3.8) is 0 Å². The molecule has 1 amide bonds.